The number of aliphatic imine (C=N–C) groups is 2. The lowest BCUT2D eigenvalue weighted by atomic mass is 10.1. The van der Waals surface area contributed by atoms with Crippen LogP contribution >= 0.6 is 28.3 Å². The third-order valence-electron chi connectivity index (χ3n) is 5.66. The first-order valence-electron chi connectivity index (χ1n) is 11.3. The van der Waals surface area contributed by atoms with Crippen LogP contribution in [0.5, 0.6) is 0 Å². The van der Waals surface area contributed by atoms with E-state index in [0.717, 1.165) is 49.0 Å². The zero-order valence-corrected chi connectivity index (χ0v) is 21.6. The van der Waals surface area contributed by atoms with Crippen LogP contribution in [0.25, 0.3) is 0 Å². The molecule has 0 fully saturated rings. The molecule has 0 bridgehead atoms. The normalized spacial score (nSPS) is 14.0. The number of rotatable bonds is 6. The molecule has 2 aliphatic rings. The van der Waals surface area contributed by atoms with Gasteiger partial charge in [0.2, 0.25) is 0 Å². The van der Waals surface area contributed by atoms with E-state index >= 15 is 0 Å². The Morgan fingerprint density at radius 3 is 1.67 bits per heavy atom. The topological polar surface area (TPSA) is 107 Å². The Hall–Kier alpha value is -3.69. The van der Waals surface area contributed by atoms with E-state index in [1.165, 1.54) is 0 Å². The molecular weight excluding hydrogens is 544 g/mol. The summed E-state index contributed by atoms with van der Waals surface area (Å²) in [7, 11) is 0. The summed E-state index contributed by atoms with van der Waals surface area (Å²) >= 11 is 3.43. The number of carbonyl (C=O) groups excluding carboxylic acids is 2. The van der Waals surface area contributed by atoms with E-state index in [0.29, 0.717) is 27.0 Å². The quantitative estimate of drug-likeness (QED) is 0.360. The average molecular weight is 568 g/mol. The van der Waals surface area contributed by atoms with Crippen LogP contribution in [0.2, 0.25) is 0 Å². The molecule has 0 aliphatic carbocycles. The number of nitrogens with zero attached hydrogens (tertiary/aromatic N) is 2. The maximum Gasteiger partial charge on any atom is 0.256 e. The number of halogens is 2. The van der Waals surface area contributed by atoms with Crippen molar-refractivity contribution in [2.75, 3.05) is 36.8 Å². The van der Waals surface area contributed by atoms with Crippen LogP contribution in [-0.4, -0.2) is 49.7 Å². The number of nitrogens with one attached hydrogen (secondary N) is 4. The fraction of sp³-hybridized carbons (Fsp3) is 0.154. The second kappa shape index (κ2) is 11.4. The maximum atomic E-state index is 12.8. The van der Waals surface area contributed by atoms with Gasteiger partial charge in [-0.3, -0.25) is 19.6 Å². The van der Waals surface area contributed by atoms with Gasteiger partial charge in [0.1, 0.15) is 11.7 Å². The van der Waals surface area contributed by atoms with Gasteiger partial charge in [-0.15, -0.1) is 12.4 Å². The van der Waals surface area contributed by atoms with Gasteiger partial charge >= 0.3 is 0 Å². The summed E-state index contributed by atoms with van der Waals surface area (Å²) in [6, 6.07) is 19.9. The van der Waals surface area contributed by atoms with Crippen molar-refractivity contribution in [1.29, 1.82) is 0 Å². The van der Waals surface area contributed by atoms with Gasteiger partial charge in [0.05, 0.1) is 18.7 Å². The summed E-state index contributed by atoms with van der Waals surface area (Å²) in [5.74, 6) is 1.21. The molecule has 184 valence electrons. The lowest BCUT2D eigenvalue weighted by Crippen LogP contribution is -2.19. The lowest BCUT2D eigenvalue weighted by molar-refractivity contribution is 0.101. The van der Waals surface area contributed by atoms with Crippen molar-refractivity contribution < 1.29 is 9.59 Å². The van der Waals surface area contributed by atoms with Crippen molar-refractivity contribution in [3.05, 3.63) is 93.5 Å². The monoisotopic (exact) mass is 566 g/mol. The number of amidine groups is 2. The Morgan fingerprint density at radius 2 is 1.22 bits per heavy atom. The molecule has 0 aromatic heterocycles. The molecule has 0 radical (unpaired) electrons. The summed E-state index contributed by atoms with van der Waals surface area (Å²) in [6.45, 7) is 3.24. The molecule has 3 aromatic carbocycles. The van der Waals surface area contributed by atoms with E-state index in [-0.39, 0.29) is 24.2 Å². The summed E-state index contributed by atoms with van der Waals surface area (Å²) in [6.07, 6.45) is 0. The fourth-order valence-electron chi connectivity index (χ4n) is 3.85. The molecule has 4 N–H and O–H groups in total. The molecule has 36 heavy (non-hydrogen) atoms. The molecule has 3 aromatic rings. The van der Waals surface area contributed by atoms with Gasteiger partial charge in [-0.05, 0) is 82.7 Å². The van der Waals surface area contributed by atoms with Gasteiger partial charge in [-0.1, -0.05) is 0 Å². The zero-order chi connectivity index (χ0) is 24.2. The minimum atomic E-state index is -0.271. The molecule has 0 saturated carbocycles. The second-order valence-electron chi connectivity index (χ2n) is 8.07. The first kappa shape index (κ1) is 25.4. The molecule has 10 heteroatoms. The van der Waals surface area contributed by atoms with Crippen LogP contribution in [0, 0.1) is 0 Å². The van der Waals surface area contributed by atoms with Gasteiger partial charge in [-0.25, -0.2) is 0 Å². The maximum absolute atomic E-state index is 12.8. The number of carbonyl (C=O) groups is 2. The van der Waals surface area contributed by atoms with Crippen LogP contribution in [-0.2, 0) is 0 Å². The predicted octanol–water partition coefficient (Wildman–Crippen LogP) is 4.08. The van der Waals surface area contributed by atoms with Gasteiger partial charge < -0.3 is 21.3 Å². The molecule has 8 nitrogen and oxygen atoms in total. The Kier molecular flexibility index (Phi) is 8.02. The molecule has 0 spiro atoms. The number of amides is 2. The van der Waals surface area contributed by atoms with E-state index in [1.54, 1.807) is 18.2 Å². The van der Waals surface area contributed by atoms with Crippen LogP contribution in [0.15, 0.2) is 81.2 Å². The van der Waals surface area contributed by atoms with E-state index in [2.05, 4.69) is 47.2 Å². The lowest BCUT2D eigenvalue weighted by Gasteiger charge is -2.10. The Balaban J connectivity index is 0.00000304. The number of hydrogen-bond donors (Lipinski definition) is 4. The molecular formula is C26H24BrClN6O2. The highest BCUT2D eigenvalue weighted by Crippen LogP contribution is 2.22. The predicted molar refractivity (Wildman–Crippen MR) is 149 cm³/mol. The zero-order valence-electron chi connectivity index (χ0n) is 19.2. The van der Waals surface area contributed by atoms with Crippen LogP contribution < -0.4 is 21.3 Å². The summed E-state index contributed by atoms with van der Waals surface area (Å²) < 4.78 is 0.532. The van der Waals surface area contributed by atoms with Crippen LogP contribution in [0.4, 0.5) is 11.4 Å². The summed E-state index contributed by atoms with van der Waals surface area (Å²) in [5.41, 5.74) is 4.19. The first-order chi connectivity index (χ1) is 17.1. The smallest absolute Gasteiger partial charge is 0.256 e. The average Bonchev–Trinajstić information content (AvgIpc) is 3.60. The van der Waals surface area contributed by atoms with Crippen molar-refractivity contribution in [2.24, 2.45) is 9.98 Å². The highest BCUT2D eigenvalue weighted by Gasteiger charge is 2.15. The summed E-state index contributed by atoms with van der Waals surface area (Å²) in [4.78, 5) is 34.3. The fourth-order valence-corrected chi connectivity index (χ4v) is 4.41. The SMILES string of the molecule is Cl.O=C(Nc1ccc(C2=NCCN2)cc1)c1ccc(C(=O)Nc2ccc(C3=NCCN3)cc2)c(Br)c1. The third kappa shape index (κ3) is 5.75. The van der Waals surface area contributed by atoms with Gasteiger partial charge in [0.15, 0.2) is 0 Å². The molecule has 5 rings (SSSR count). The Morgan fingerprint density at radius 1 is 0.722 bits per heavy atom. The standard InChI is InChI=1S/C26H23BrN6O2.ClH/c27-22-15-18(25(34)32-19-6-1-16(2-7-19)23-28-11-12-29-23)5-10-21(22)26(35)33-20-8-3-17(4-9-20)24-30-13-14-31-24;/h1-10,15H,11-14H2,(H,28,29)(H,30,31)(H,32,34)(H,33,35);1H. The molecule has 2 heterocycles. The van der Waals surface area contributed by atoms with Crippen molar-refractivity contribution >= 4 is 63.2 Å². The van der Waals surface area contributed by atoms with E-state index in [9.17, 15) is 9.59 Å². The Bertz CT molecular complexity index is 1340. The van der Waals surface area contributed by atoms with Crippen LogP contribution in [0.3, 0.4) is 0 Å². The minimum absolute atomic E-state index is 0. The molecule has 0 saturated heterocycles. The van der Waals surface area contributed by atoms with Crippen molar-refractivity contribution in [1.82, 2.24) is 10.6 Å². The highest BCUT2D eigenvalue weighted by molar-refractivity contribution is 9.10. The van der Waals surface area contributed by atoms with Crippen LogP contribution in [0.1, 0.15) is 31.8 Å². The van der Waals surface area contributed by atoms with E-state index in [1.807, 2.05) is 48.5 Å². The minimum Gasteiger partial charge on any atom is -0.368 e. The highest BCUT2D eigenvalue weighted by atomic mass is 79.9. The first-order valence-corrected chi connectivity index (χ1v) is 12.1. The van der Waals surface area contributed by atoms with Crippen molar-refractivity contribution in [3.63, 3.8) is 0 Å². The van der Waals surface area contributed by atoms with Gasteiger partial charge in [-0.2, -0.15) is 0 Å². The molecule has 0 unspecified atom stereocenters. The van der Waals surface area contributed by atoms with Gasteiger partial charge in [0, 0.05) is 45.6 Å². The van der Waals surface area contributed by atoms with E-state index < -0.39 is 0 Å². The number of anilines is 2. The molecule has 2 amide bonds. The third-order valence-corrected chi connectivity index (χ3v) is 6.31. The van der Waals surface area contributed by atoms with Crippen molar-refractivity contribution in [2.45, 2.75) is 0 Å². The largest absolute Gasteiger partial charge is 0.368 e. The van der Waals surface area contributed by atoms with Crippen molar-refractivity contribution in [3.8, 4) is 0 Å². The molecule has 0 atom stereocenters. The number of benzene rings is 3. The Labute approximate surface area is 223 Å². The van der Waals surface area contributed by atoms with E-state index in [4.69, 9.17) is 0 Å². The summed E-state index contributed by atoms with van der Waals surface area (Å²) in [5, 5.41) is 12.2. The second-order valence-corrected chi connectivity index (χ2v) is 8.93. The number of hydrogen-bond acceptors (Lipinski definition) is 6. The molecule has 2 aliphatic heterocycles. The van der Waals surface area contributed by atoms with Gasteiger partial charge in [0.25, 0.3) is 11.8 Å².